The fourth-order valence-electron chi connectivity index (χ4n) is 6.48. The van der Waals surface area contributed by atoms with Crippen LogP contribution in [-0.2, 0) is 0 Å². The molecule has 1 aromatic heterocycles. The molecular weight excluding hydrogens is 542 g/mol. The quantitative estimate of drug-likeness (QED) is 0.196. The normalized spacial score (nSPS) is 12.0. The van der Waals surface area contributed by atoms with Crippen LogP contribution < -0.4 is 9.47 Å². The van der Waals surface area contributed by atoms with E-state index in [1.54, 1.807) is 0 Å². The van der Waals surface area contributed by atoms with Gasteiger partial charge in [-0.05, 0) is 79.5 Å². The highest BCUT2D eigenvalue weighted by atomic mass is 16.6. The van der Waals surface area contributed by atoms with Gasteiger partial charge in [0, 0.05) is 5.39 Å². The molecule has 7 aromatic carbocycles. The second kappa shape index (κ2) is 9.38. The average Bonchev–Trinajstić information content (AvgIpc) is 3.08. The van der Waals surface area contributed by atoms with Crippen molar-refractivity contribution in [3.8, 4) is 51.6 Å². The molecule has 204 valence electrons. The SMILES string of the molecule is N#Cc1ccc(-c2c3ccccc3c(-c3ccc4c(c3)Oc3nc5ccccc5nc3O4)c3ccccc23)c2ccccc12. The standard InChI is InChI=1S/C39H21N3O2/c40-22-24-17-19-31(26-10-2-1-9-25(24)26)37-29-13-5-3-11-27(29)36(28-12-4-6-14-30(28)37)23-18-20-34-35(21-23)44-39-38(43-34)41-32-15-7-8-16-33(32)42-39/h1-21H. The van der Waals surface area contributed by atoms with E-state index in [9.17, 15) is 5.26 Å². The second-order valence-corrected chi connectivity index (χ2v) is 10.8. The van der Waals surface area contributed by atoms with Gasteiger partial charge in [-0.1, -0.05) is 97.1 Å². The minimum atomic E-state index is 0.353. The minimum absolute atomic E-state index is 0.353. The van der Waals surface area contributed by atoms with Crippen molar-refractivity contribution < 1.29 is 9.47 Å². The third kappa shape index (κ3) is 3.58. The highest BCUT2D eigenvalue weighted by molar-refractivity contribution is 6.23. The molecule has 1 aliphatic heterocycles. The molecular formula is C39H21N3O2. The number of benzene rings is 7. The van der Waals surface area contributed by atoms with Crippen molar-refractivity contribution in [2.75, 3.05) is 0 Å². The van der Waals surface area contributed by atoms with Crippen molar-refractivity contribution >= 4 is 43.4 Å². The van der Waals surface area contributed by atoms with E-state index in [2.05, 4.69) is 82.8 Å². The average molecular weight is 564 g/mol. The Morgan fingerprint density at radius 2 is 1.00 bits per heavy atom. The lowest BCUT2D eigenvalue weighted by Gasteiger charge is -2.21. The van der Waals surface area contributed by atoms with Gasteiger partial charge in [0.15, 0.2) is 11.5 Å². The van der Waals surface area contributed by atoms with Crippen molar-refractivity contribution in [1.29, 1.82) is 5.26 Å². The third-order valence-electron chi connectivity index (χ3n) is 8.40. The van der Waals surface area contributed by atoms with Crippen molar-refractivity contribution in [2.45, 2.75) is 0 Å². The maximum Gasteiger partial charge on any atom is 0.284 e. The van der Waals surface area contributed by atoms with E-state index in [1.807, 2.05) is 60.7 Å². The molecule has 0 radical (unpaired) electrons. The second-order valence-electron chi connectivity index (χ2n) is 10.8. The number of ether oxygens (including phenoxy) is 2. The zero-order valence-corrected chi connectivity index (χ0v) is 23.3. The van der Waals surface area contributed by atoms with E-state index in [-0.39, 0.29) is 0 Å². The Kier molecular flexibility index (Phi) is 5.19. The molecule has 1 aliphatic rings. The summed E-state index contributed by atoms with van der Waals surface area (Å²) in [7, 11) is 0. The summed E-state index contributed by atoms with van der Waals surface area (Å²) in [5.41, 5.74) is 6.54. The van der Waals surface area contributed by atoms with Crippen LogP contribution in [-0.4, -0.2) is 9.97 Å². The number of rotatable bonds is 2. The van der Waals surface area contributed by atoms with Crippen LogP contribution in [0.1, 0.15) is 5.56 Å². The van der Waals surface area contributed by atoms with E-state index in [1.165, 1.54) is 0 Å². The van der Waals surface area contributed by atoms with Crippen LogP contribution in [0, 0.1) is 11.3 Å². The van der Waals surface area contributed by atoms with Crippen LogP contribution in [0.15, 0.2) is 127 Å². The lowest BCUT2D eigenvalue weighted by molar-refractivity contribution is 0.339. The zero-order valence-electron chi connectivity index (χ0n) is 23.3. The molecule has 9 rings (SSSR count). The largest absolute Gasteiger partial charge is 0.431 e. The molecule has 0 bridgehead atoms. The summed E-state index contributed by atoms with van der Waals surface area (Å²) in [6.45, 7) is 0. The van der Waals surface area contributed by atoms with Crippen LogP contribution in [0.4, 0.5) is 0 Å². The van der Waals surface area contributed by atoms with E-state index in [0.29, 0.717) is 28.8 Å². The number of nitrogens with zero attached hydrogens (tertiary/aromatic N) is 3. The van der Waals surface area contributed by atoms with E-state index in [0.717, 1.165) is 65.6 Å². The number of hydrogen-bond acceptors (Lipinski definition) is 5. The first-order valence-corrected chi connectivity index (χ1v) is 14.4. The summed E-state index contributed by atoms with van der Waals surface area (Å²) in [6, 6.07) is 45.3. The van der Waals surface area contributed by atoms with Gasteiger partial charge in [-0.25, -0.2) is 9.97 Å². The Hall–Kier alpha value is -6.25. The minimum Gasteiger partial charge on any atom is -0.431 e. The smallest absolute Gasteiger partial charge is 0.284 e. The topological polar surface area (TPSA) is 68.0 Å². The molecule has 5 nitrogen and oxygen atoms in total. The number of para-hydroxylation sites is 2. The first-order valence-electron chi connectivity index (χ1n) is 14.4. The highest BCUT2D eigenvalue weighted by Crippen LogP contribution is 2.49. The first-order chi connectivity index (χ1) is 21.8. The lowest BCUT2D eigenvalue weighted by atomic mass is 9.84. The number of aromatic nitrogens is 2. The fraction of sp³-hybridized carbons (Fsp3) is 0. The zero-order chi connectivity index (χ0) is 29.2. The van der Waals surface area contributed by atoms with Crippen molar-refractivity contribution in [3.05, 3.63) is 133 Å². The summed E-state index contributed by atoms with van der Waals surface area (Å²) < 4.78 is 12.5. The van der Waals surface area contributed by atoms with Crippen LogP contribution in [0.3, 0.4) is 0 Å². The summed E-state index contributed by atoms with van der Waals surface area (Å²) in [6.07, 6.45) is 0. The molecule has 2 heterocycles. The van der Waals surface area contributed by atoms with Crippen LogP contribution in [0.2, 0.25) is 0 Å². The maximum atomic E-state index is 9.81. The summed E-state index contributed by atoms with van der Waals surface area (Å²) in [4.78, 5) is 9.29. The Bertz CT molecular complexity index is 2470. The van der Waals surface area contributed by atoms with Crippen LogP contribution in [0.25, 0.3) is 65.6 Å². The molecule has 0 atom stereocenters. The molecule has 44 heavy (non-hydrogen) atoms. The molecule has 0 amide bonds. The lowest BCUT2D eigenvalue weighted by Crippen LogP contribution is -2.03. The van der Waals surface area contributed by atoms with E-state index < -0.39 is 0 Å². The van der Waals surface area contributed by atoms with E-state index >= 15 is 0 Å². The molecule has 0 N–H and O–H groups in total. The number of hydrogen-bond donors (Lipinski definition) is 0. The molecule has 8 aromatic rings. The Labute approximate surface area is 252 Å². The molecule has 0 aliphatic carbocycles. The van der Waals surface area contributed by atoms with Gasteiger partial charge in [0.25, 0.3) is 11.8 Å². The van der Waals surface area contributed by atoms with Gasteiger partial charge in [0.1, 0.15) is 0 Å². The Balaban J connectivity index is 1.28. The van der Waals surface area contributed by atoms with Crippen molar-refractivity contribution in [3.63, 3.8) is 0 Å². The summed E-state index contributed by atoms with van der Waals surface area (Å²) >= 11 is 0. The first kappa shape index (κ1) is 24.4. The van der Waals surface area contributed by atoms with Crippen molar-refractivity contribution in [2.24, 2.45) is 0 Å². The summed E-state index contributed by atoms with van der Waals surface area (Å²) in [5, 5.41) is 16.3. The van der Waals surface area contributed by atoms with Gasteiger partial charge < -0.3 is 9.47 Å². The third-order valence-corrected chi connectivity index (χ3v) is 8.40. The monoisotopic (exact) mass is 563 g/mol. The number of nitriles is 1. The maximum absolute atomic E-state index is 9.81. The van der Waals surface area contributed by atoms with Gasteiger partial charge in [-0.15, -0.1) is 0 Å². The van der Waals surface area contributed by atoms with E-state index in [4.69, 9.17) is 9.47 Å². The van der Waals surface area contributed by atoms with Gasteiger partial charge >= 0.3 is 0 Å². The molecule has 0 spiro atoms. The number of fused-ring (bicyclic) bond motifs is 6. The molecule has 0 fully saturated rings. The van der Waals surface area contributed by atoms with Gasteiger partial charge in [0.2, 0.25) is 0 Å². The molecule has 0 saturated carbocycles. The predicted octanol–water partition coefficient (Wildman–Crippen LogP) is 10.2. The fourth-order valence-corrected chi connectivity index (χ4v) is 6.48. The van der Waals surface area contributed by atoms with Gasteiger partial charge in [0.05, 0.1) is 22.7 Å². The molecule has 0 unspecified atom stereocenters. The van der Waals surface area contributed by atoms with Crippen molar-refractivity contribution in [1.82, 2.24) is 9.97 Å². The van der Waals surface area contributed by atoms with Gasteiger partial charge in [-0.2, -0.15) is 5.26 Å². The Morgan fingerprint density at radius 3 is 1.61 bits per heavy atom. The highest BCUT2D eigenvalue weighted by Gasteiger charge is 2.24. The van der Waals surface area contributed by atoms with Crippen LogP contribution in [0.5, 0.6) is 23.3 Å². The predicted molar refractivity (Wildman–Crippen MR) is 174 cm³/mol. The van der Waals surface area contributed by atoms with Crippen LogP contribution >= 0.6 is 0 Å². The molecule has 5 heteroatoms. The molecule has 0 saturated heterocycles. The van der Waals surface area contributed by atoms with Gasteiger partial charge in [-0.3, -0.25) is 0 Å². The summed E-state index contributed by atoms with van der Waals surface area (Å²) in [5.74, 6) is 1.90. The Morgan fingerprint density at radius 1 is 0.477 bits per heavy atom.